The van der Waals surface area contributed by atoms with Gasteiger partial charge in [0.1, 0.15) is 0 Å². The fourth-order valence-electron chi connectivity index (χ4n) is 2.63. The van der Waals surface area contributed by atoms with Gasteiger partial charge in [0.05, 0.1) is 0 Å². The van der Waals surface area contributed by atoms with Crippen LogP contribution in [0.25, 0.3) is 16.7 Å². The molecule has 3 rings (SSSR count). The maximum atomic E-state index is 2.51. The summed E-state index contributed by atoms with van der Waals surface area (Å²) in [5, 5.41) is 0. The van der Waals surface area contributed by atoms with Crippen molar-refractivity contribution in [2.45, 2.75) is 23.7 Å². The Bertz CT molecular complexity index is 720. The van der Waals surface area contributed by atoms with Crippen LogP contribution in [0.3, 0.4) is 0 Å². The molecule has 0 heterocycles. The number of allylic oxidation sites excluding steroid dienone is 4. The predicted octanol–water partition coefficient (Wildman–Crippen LogP) is 6.20. The number of hydrogen-bond acceptors (Lipinski definition) is 0. The van der Waals surface area contributed by atoms with Crippen LogP contribution in [-0.4, -0.2) is 3.42 Å². The lowest BCUT2D eigenvalue weighted by atomic mass is 9.92. The van der Waals surface area contributed by atoms with Gasteiger partial charge in [-0.2, -0.15) is 0 Å². The number of benzene rings is 2. The molecule has 0 unspecified atom stereocenters. The van der Waals surface area contributed by atoms with Gasteiger partial charge in [0.15, 0.2) is 0 Å². The third kappa shape index (κ3) is 3.46. The molecule has 0 bridgehead atoms. The van der Waals surface area contributed by atoms with Gasteiger partial charge < -0.3 is 0 Å². The summed E-state index contributed by atoms with van der Waals surface area (Å²) in [6.07, 6.45) is 8.00. The third-order valence-electron chi connectivity index (χ3n) is 3.88. The molecule has 0 aliphatic heterocycles. The van der Waals surface area contributed by atoms with Crippen molar-refractivity contribution in [3.63, 3.8) is 0 Å². The molecule has 0 saturated carbocycles. The van der Waals surface area contributed by atoms with Crippen LogP contribution < -0.4 is 0 Å². The summed E-state index contributed by atoms with van der Waals surface area (Å²) in [4.78, 5) is 0. The Balaban J connectivity index is 1.95. The number of hydrogen-bond donors (Lipinski definition) is 0. The van der Waals surface area contributed by atoms with Gasteiger partial charge in [-0.25, -0.2) is 0 Å². The molecule has 1 aliphatic carbocycles. The van der Waals surface area contributed by atoms with Gasteiger partial charge in [0, 0.05) is 3.42 Å². The Labute approximate surface area is 140 Å². The molecule has 0 aromatic heterocycles. The number of halogens is 1. The number of rotatable bonds is 2. The molecule has 1 heteroatoms. The van der Waals surface area contributed by atoms with Crippen LogP contribution >= 0.6 is 22.6 Å². The highest BCUT2D eigenvalue weighted by Gasteiger charge is 2.18. The van der Waals surface area contributed by atoms with Crippen LogP contribution in [0.1, 0.15) is 24.5 Å². The van der Waals surface area contributed by atoms with Crippen LogP contribution in [0.15, 0.2) is 66.8 Å². The van der Waals surface area contributed by atoms with E-state index in [1.54, 1.807) is 0 Å². The van der Waals surface area contributed by atoms with Crippen molar-refractivity contribution in [3.8, 4) is 11.1 Å². The van der Waals surface area contributed by atoms with Crippen molar-refractivity contribution >= 4 is 28.2 Å². The Hall–Kier alpha value is -1.35. The maximum absolute atomic E-state index is 2.51. The van der Waals surface area contributed by atoms with Gasteiger partial charge >= 0.3 is 0 Å². The van der Waals surface area contributed by atoms with Crippen molar-refractivity contribution in [3.05, 3.63) is 77.9 Å². The highest BCUT2D eigenvalue weighted by Crippen LogP contribution is 2.34. The van der Waals surface area contributed by atoms with E-state index in [1.165, 1.54) is 27.8 Å². The zero-order valence-corrected chi connectivity index (χ0v) is 14.6. The summed E-state index contributed by atoms with van der Waals surface area (Å²) in [7, 11) is 0. The van der Waals surface area contributed by atoms with E-state index >= 15 is 0 Å². The summed E-state index contributed by atoms with van der Waals surface area (Å²) in [5.74, 6) is 0. The molecule has 0 radical (unpaired) electrons. The van der Waals surface area contributed by atoms with E-state index in [2.05, 4.69) is 103 Å². The van der Waals surface area contributed by atoms with E-state index in [-0.39, 0.29) is 3.42 Å². The van der Waals surface area contributed by atoms with Gasteiger partial charge in [-0.1, -0.05) is 88.8 Å². The molecule has 0 N–H and O–H groups in total. The van der Waals surface area contributed by atoms with E-state index in [1.807, 2.05) is 0 Å². The maximum Gasteiger partial charge on any atom is 0.0410 e. The average Bonchev–Trinajstić information content (AvgIpc) is 2.47. The minimum absolute atomic E-state index is 0.259. The van der Waals surface area contributed by atoms with Crippen molar-refractivity contribution in [1.29, 1.82) is 0 Å². The Morgan fingerprint density at radius 3 is 2.29 bits per heavy atom. The van der Waals surface area contributed by atoms with Gasteiger partial charge in [-0.3, -0.25) is 0 Å². The molecule has 1 aliphatic rings. The van der Waals surface area contributed by atoms with Crippen LogP contribution in [0.5, 0.6) is 0 Å². The Morgan fingerprint density at radius 2 is 1.62 bits per heavy atom. The first kappa shape index (κ1) is 14.6. The van der Waals surface area contributed by atoms with E-state index < -0.39 is 0 Å². The molecule has 21 heavy (non-hydrogen) atoms. The van der Waals surface area contributed by atoms with Crippen molar-refractivity contribution < 1.29 is 0 Å². The van der Waals surface area contributed by atoms with Gasteiger partial charge in [0.25, 0.3) is 0 Å². The zero-order valence-electron chi connectivity index (χ0n) is 12.4. The van der Waals surface area contributed by atoms with E-state index in [0.29, 0.717) is 0 Å². The van der Waals surface area contributed by atoms with Gasteiger partial charge in [-0.05, 0) is 48.6 Å². The summed E-state index contributed by atoms with van der Waals surface area (Å²) in [6.45, 7) is 4.40. The lowest BCUT2D eigenvalue weighted by Crippen LogP contribution is -2.12. The van der Waals surface area contributed by atoms with E-state index in [0.717, 1.165) is 6.42 Å². The second kappa shape index (κ2) is 5.80. The summed E-state index contributed by atoms with van der Waals surface area (Å²) >= 11 is 2.51. The lowest BCUT2D eigenvalue weighted by molar-refractivity contribution is 0.839. The Morgan fingerprint density at radius 1 is 0.952 bits per heavy atom. The molecule has 1 atom stereocenters. The first-order valence-electron chi connectivity index (χ1n) is 7.29. The van der Waals surface area contributed by atoms with Crippen molar-refractivity contribution in [2.24, 2.45) is 0 Å². The standard InChI is InChI=1S/C20H19I/c1-15-5-3-6-17(13-15)19-8-4-7-18(14-19)16-9-11-20(2,21)12-10-16/h3-11,13-14H,12H2,1-2H3/t20-/m0/s1. The molecule has 0 amide bonds. The predicted molar refractivity (Wildman–Crippen MR) is 101 cm³/mol. The molecule has 2 aromatic rings. The minimum Gasteiger partial charge on any atom is -0.0750 e. The molecular formula is C20H19I. The van der Waals surface area contributed by atoms with Crippen LogP contribution in [-0.2, 0) is 0 Å². The molecule has 0 nitrogen and oxygen atoms in total. The fraction of sp³-hybridized carbons (Fsp3) is 0.200. The summed E-state index contributed by atoms with van der Waals surface area (Å²) in [6, 6.07) is 17.5. The van der Waals surface area contributed by atoms with Crippen molar-refractivity contribution in [1.82, 2.24) is 0 Å². The second-order valence-corrected chi connectivity index (χ2v) is 8.39. The second-order valence-electron chi connectivity index (χ2n) is 5.93. The van der Waals surface area contributed by atoms with Crippen LogP contribution in [0.4, 0.5) is 0 Å². The van der Waals surface area contributed by atoms with E-state index in [9.17, 15) is 0 Å². The molecule has 2 aromatic carbocycles. The largest absolute Gasteiger partial charge is 0.0750 e. The molecule has 106 valence electrons. The first-order valence-corrected chi connectivity index (χ1v) is 8.37. The Kier molecular flexibility index (Phi) is 4.03. The summed E-state index contributed by atoms with van der Waals surface area (Å²) < 4.78 is 0.259. The van der Waals surface area contributed by atoms with Crippen molar-refractivity contribution in [2.75, 3.05) is 0 Å². The average molecular weight is 386 g/mol. The highest BCUT2D eigenvalue weighted by molar-refractivity contribution is 14.1. The first-order chi connectivity index (χ1) is 10.0. The normalized spacial score (nSPS) is 21.2. The monoisotopic (exact) mass is 386 g/mol. The van der Waals surface area contributed by atoms with Gasteiger partial charge in [-0.15, -0.1) is 0 Å². The molecule has 0 spiro atoms. The van der Waals surface area contributed by atoms with Crippen LogP contribution in [0, 0.1) is 6.92 Å². The molecular weight excluding hydrogens is 367 g/mol. The number of alkyl halides is 1. The smallest absolute Gasteiger partial charge is 0.0410 e. The SMILES string of the molecule is Cc1cccc(-c2cccc(C3=CC[C@@](C)(I)C=C3)c2)c1. The fourth-order valence-corrected chi connectivity index (χ4v) is 3.03. The zero-order chi connectivity index (χ0) is 14.9. The lowest BCUT2D eigenvalue weighted by Gasteiger charge is -2.21. The quantitative estimate of drug-likeness (QED) is 0.426. The van der Waals surface area contributed by atoms with Gasteiger partial charge in [0.2, 0.25) is 0 Å². The molecule has 0 fully saturated rings. The van der Waals surface area contributed by atoms with Crippen LogP contribution in [0.2, 0.25) is 0 Å². The number of aryl methyl sites for hydroxylation is 1. The third-order valence-corrected chi connectivity index (χ3v) is 4.68. The molecule has 0 saturated heterocycles. The van der Waals surface area contributed by atoms with E-state index in [4.69, 9.17) is 0 Å². The highest BCUT2D eigenvalue weighted by atomic mass is 127. The minimum atomic E-state index is 0.259. The summed E-state index contributed by atoms with van der Waals surface area (Å²) in [5.41, 5.74) is 6.51. The topological polar surface area (TPSA) is 0 Å².